The lowest BCUT2D eigenvalue weighted by Gasteiger charge is -2.33. The van der Waals surface area contributed by atoms with E-state index in [2.05, 4.69) is 30.7 Å². The summed E-state index contributed by atoms with van der Waals surface area (Å²) in [6.07, 6.45) is 6.27. The molecule has 2 atom stereocenters. The minimum atomic E-state index is 0.341. The van der Waals surface area contributed by atoms with Crippen LogP contribution in [0.4, 0.5) is 0 Å². The molecular formula is C14H31N3. The van der Waals surface area contributed by atoms with Crippen molar-refractivity contribution in [3.63, 3.8) is 0 Å². The number of likely N-dealkylation sites (tertiary alicyclic amines) is 1. The molecule has 1 saturated heterocycles. The van der Waals surface area contributed by atoms with Gasteiger partial charge in [0.05, 0.1) is 0 Å². The fraction of sp³-hybridized carbons (Fsp3) is 1.00. The maximum atomic E-state index is 6.27. The molecule has 0 spiro atoms. The molecule has 0 aromatic carbocycles. The van der Waals surface area contributed by atoms with Crippen molar-refractivity contribution in [2.75, 3.05) is 33.2 Å². The summed E-state index contributed by atoms with van der Waals surface area (Å²) in [6.45, 7) is 9.45. The molecule has 2 N–H and O–H groups in total. The van der Waals surface area contributed by atoms with Crippen LogP contribution < -0.4 is 5.73 Å². The second-order valence-electron chi connectivity index (χ2n) is 5.46. The first-order chi connectivity index (χ1) is 8.19. The van der Waals surface area contributed by atoms with Gasteiger partial charge in [0.25, 0.3) is 0 Å². The fourth-order valence-electron chi connectivity index (χ4n) is 2.94. The minimum Gasteiger partial charge on any atom is -0.326 e. The van der Waals surface area contributed by atoms with Crippen LogP contribution in [0.1, 0.15) is 46.0 Å². The smallest absolute Gasteiger partial charge is 0.0242 e. The van der Waals surface area contributed by atoms with Crippen molar-refractivity contribution in [3.05, 3.63) is 0 Å². The molecule has 17 heavy (non-hydrogen) atoms. The van der Waals surface area contributed by atoms with Crippen LogP contribution >= 0.6 is 0 Å². The third kappa shape index (κ3) is 4.94. The molecule has 1 heterocycles. The van der Waals surface area contributed by atoms with E-state index in [1.165, 1.54) is 38.9 Å². The Balaban J connectivity index is 2.29. The quantitative estimate of drug-likeness (QED) is 0.705. The van der Waals surface area contributed by atoms with Crippen LogP contribution in [-0.2, 0) is 0 Å². The van der Waals surface area contributed by atoms with Gasteiger partial charge in [-0.2, -0.15) is 0 Å². The van der Waals surface area contributed by atoms with Crippen molar-refractivity contribution >= 4 is 0 Å². The van der Waals surface area contributed by atoms with E-state index in [-0.39, 0.29) is 0 Å². The van der Waals surface area contributed by atoms with E-state index in [0.717, 1.165) is 19.4 Å². The Bertz CT molecular complexity index is 190. The van der Waals surface area contributed by atoms with Gasteiger partial charge in [0.2, 0.25) is 0 Å². The third-order valence-electron chi connectivity index (χ3n) is 4.07. The Morgan fingerprint density at radius 1 is 1.24 bits per heavy atom. The molecule has 3 nitrogen and oxygen atoms in total. The van der Waals surface area contributed by atoms with E-state index >= 15 is 0 Å². The topological polar surface area (TPSA) is 32.5 Å². The number of likely N-dealkylation sites (N-methyl/N-ethyl adjacent to an activating group) is 1. The van der Waals surface area contributed by atoms with Gasteiger partial charge in [-0.3, -0.25) is 0 Å². The lowest BCUT2D eigenvalue weighted by atomic mass is 10.0. The van der Waals surface area contributed by atoms with Crippen LogP contribution in [0.5, 0.6) is 0 Å². The minimum absolute atomic E-state index is 0.341. The lowest BCUT2D eigenvalue weighted by Crippen LogP contribution is -2.47. The molecule has 0 radical (unpaired) electrons. The van der Waals surface area contributed by atoms with Gasteiger partial charge in [-0.15, -0.1) is 0 Å². The molecular weight excluding hydrogens is 210 g/mol. The van der Waals surface area contributed by atoms with Crippen molar-refractivity contribution < 1.29 is 0 Å². The molecule has 0 aromatic heterocycles. The lowest BCUT2D eigenvalue weighted by molar-refractivity contribution is 0.175. The van der Waals surface area contributed by atoms with Crippen LogP contribution in [0.2, 0.25) is 0 Å². The van der Waals surface area contributed by atoms with Gasteiger partial charge in [-0.1, -0.05) is 20.3 Å². The molecule has 0 amide bonds. The largest absolute Gasteiger partial charge is 0.326 e. The van der Waals surface area contributed by atoms with Gasteiger partial charge in [0, 0.05) is 25.2 Å². The number of rotatable bonds is 8. The summed E-state index contributed by atoms with van der Waals surface area (Å²) in [5, 5.41) is 0. The standard InChI is InChI=1S/C14H31N3/c1-4-8-13(15)14(5-2)16(3)11-12-17-9-6-7-10-17/h13-14H,4-12,15H2,1-3H3. The van der Waals surface area contributed by atoms with Crippen LogP contribution in [0.3, 0.4) is 0 Å². The summed E-state index contributed by atoms with van der Waals surface area (Å²) in [4.78, 5) is 5.05. The first-order valence-corrected chi connectivity index (χ1v) is 7.37. The number of hydrogen-bond acceptors (Lipinski definition) is 3. The van der Waals surface area contributed by atoms with Crippen LogP contribution in [0, 0.1) is 0 Å². The van der Waals surface area contributed by atoms with Crippen molar-refractivity contribution in [1.82, 2.24) is 9.80 Å². The molecule has 0 saturated carbocycles. The predicted molar refractivity (Wildman–Crippen MR) is 75.3 cm³/mol. The zero-order valence-electron chi connectivity index (χ0n) is 12.0. The van der Waals surface area contributed by atoms with E-state index in [1.807, 2.05) is 0 Å². The van der Waals surface area contributed by atoms with E-state index in [1.54, 1.807) is 0 Å². The highest BCUT2D eigenvalue weighted by Crippen LogP contribution is 2.11. The molecule has 102 valence electrons. The molecule has 1 aliphatic rings. The van der Waals surface area contributed by atoms with Crippen molar-refractivity contribution in [3.8, 4) is 0 Å². The molecule has 1 aliphatic heterocycles. The van der Waals surface area contributed by atoms with Gasteiger partial charge in [0.15, 0.2) is 0 Å². The summed E-state index contributed by atoms with van der Waals surface area (Å²) in [5.41, 5.74) is 6.27. The molecule has 1 rings (SSSR count). The van der Waals surface area contributed by atoms with Gasteiger partial charge in [-0.05, 0) is 45.8 Å². The average Bonchev–Trinajstić information content (AvgIpc) is 2.80. The Labute approximate surface area is 107 Å². The van der Waals surface area contributed by atoms with Crippen LogP contribution in [-0.4, -0.2) is 55.1 Å². The van der Waals surface area contributed by atoms with E-state index < -0.39 is 0 Å². The number of nitrogens with zero attached hydrogens (tertiary/aromatic N) is 2. The second kappa shape index (κ2) is 8.06. The SMILES string of the molecule is CCCC(N)C(CC)N(C)CCN1CCCC1. The maximum absolute atomic E-state index is 6.27. The third-order valence-corrected chi connectivity index (χ3v) is 4.07. The summed E-state index contributed by atoms with van der Waals surface area (Å²) in [7, 11) is 2.24. The van der Waals surface area contributed by atoms with Gasteiger partial charge < -0.3 is 15.5 Å². The molecule has 0 aromatic rings. The van der Waals surface area contributed by atoms with Crippen molar-refractivity contribution in [2.24, 2.45) is 5.73 Å². The first kappa shape index (κ1) is 14.9. The second-order valence-corrected chi connectivity index (χ2v) is 5.46. The Hall–Kier alpha value is -0.120. The van der Waals surface area contributed by atoms with E-state index in [4.69, 9.17) is 5.73 Å². The molecule has 3 heteroatoms. The van der Waals surface area contributed by atoms with E-state index in [0.29, 0.717) is 12.1 Å². The first-order valence-electron chi connectivity index (χ1n) is 7.37. The average molecular weight is 241 g/mol. The highest BCUT2D eigenvalue weighted by atomic mass is 15.2. The fourth-order valence-corrected chi connectivity index (χ4v) is 2.94. The van der Waals surface area contributed by atoms with Crippen molar-refractivity contribution in [2.45, 2.75) is 58.0 Å². The van der Waals surface area contributed by atoms with Crippen molar-refractivity contribution in [1.29, 1.82) is 0 Å². The zero-order chi connectivity index (χ0) is 12.7. The highest BCUT2D eigenvalue weighted by Gasteiger charge is 2.20. The summed E-state index contributed by atoms with van der Waals surface area (Å²) >= 11 is 0. The Morgan fingerprint density at radius 3 is 2.41 bits per heavy atom. The molecule has 1 fully saturated rings. The predicted octanol–water partition coefficient (Wildman–Crippen LogP) is 1.92. The molecule has 0 bridgehead atoms. The molecule has 0 aliphatic carbocycles. The normalized spacial score (nSPS) is 21.0. The maximum Gasteiger partial charge on any atom is 0.0242 e. The highest BCUT2D eigenvalue weighted by molar-refractivity contribution is 4.80. The summed E-state index contributed by atoms with van der Waals surface area (Å²) in [5.74, 6) is 0. The Kier molecular flexibility index (Phi) is 7.09. The number of nitrogens with two attached hydrogens (primary N) is 1. The summed E-state index contributed by atoms with van der Waals surface area (Å²) in [6, 6.07) is 0.895. The Morgan fingerprint density at radius 2 is 1.88 bits per heavy atom. The van der Waals surface area contributed by atoms with Gasteiger partial charge >= 0.3 is 0 Å². The molecule has 2 unspecified atom stereocenters. The zero-order valence-corrected chi connectivity index (χ0v) is 12.0. The van der Waals surface area contributed by atoms with Crippen LogP contribution in [0.25, 0.3) is 0 Å². The van der Waals surface area contributed by atoms with E-state index in [9.17, 15) is 0 Å². The summed E-state index contributed by atoms with van der Waals surface area (Å²) < 4.78 is 0. The monoisotopic (exact) mass is 241 g/mol. The van der Waals surface area contributed by atoms with Crippen LogP contribution in [0.15, 0.2) is 0 Å². The van der Waals surface area contributed by atoms with Gasteiger partial charge in [-0.25, -0.2) is 0 Å². The number of hydrogen-bond donors (Lipinski definition) is 1. The van der Waals surface area contributed by atoms with Gasteiger partial charge in [0.1, 0.15) is 0 Å².